The van der Waals surface area contributed by atoms with E-state index in [2.05, 4.69) is 23.7 Å². The maximum absolute atomic E-state index is 9.19. The lowest BCUT2D eigenvalue weighted by Crippen LogP contribution is -2.35. The molecule has 0 aliphatic heterocycles. The Kier molecular flexibility index (Phi) is 5.94. The fourth-order valence-corrected chi connectivity index (χ4v) is 1.64. The number of hydrogen-bond donors (Lipinski definition) is 1. The van der Waals surface area contributed by atoms with Gasteiger partial charge in [-0.05, 0) is 25.5 Å². The second-order valence-electron chi connectivity index (χ2n) is 4.23. The van der Waals surface area contributed by atoms with Crippen molar-refractivity contribution in [3.63, 3.8) is 0 Å². The molecular formula is C13H22N2O2. The van der Waals surface area contributed by atoms with E-state index in [1.807, 2.05) is 6.07 Å². The lowest BCUT2D eigenvalue weighted by molar-refractivity contribution is 0.117. The van der Waals surface area contributed by atoms with Crippen LogP contribution < -0.4 is 0 Å². The van der Waals surface area contributed by atoms with Gasteiger partial charge >= 0.3 is 0 Å². The van der Waals surface area contributed by atoms with Crippen LogP contribution in [0.5, 0.6) is 5.75 Å². The number of nitrogens with zero attached hydrogens (tertiary/aromatic N) is 2. The average molecular weight is 238 g/mol. The molecule has 4 nitrogen and oxygen atoms in total. The largest absolute Gasteiger partial charge is 0.506 e. The molecule has 0 fully saturated rings. The minimum absolute atomic E-state index is 0.209. The summed E-state index contributed by atoms with van der Waals surface area (Å²) >= 11 is 0. The van der Waals surface area contributed by atoms with Crippen LogP contribution in [-0.2, 0) is 11.3 Å². The van der Waals surface area contributed by atoms with Gasteiger partial charge in [-0.2, -0.15) is 0 Å². The number of methoxy groups -OCH3 is 1. The molecule has 0 aliphatic carbocycles. The zero-order chi connectivity index (χ0) is 12.7. The Morgan fingerprint density at radius 1 is 1.47 bits per heavy atom. The van der Waals surface area contributed by atoms with Gasteiger partial charge in [0.1, 0.15) is 5.75 Å². The predicted molar refractivity (Wildman–Crippen MR) is 67.9 cm³/mol. The molecule has 0 aliphatic rings. The van der Waals surface area contributed by atoms with Crippen LogP contribution in [-0.4, -0.2) is 41.3 Å². The van der Waals surface area contributed by atoms with Crippen molar-refractivity contribution in [3.05, 3.63) is 24.0 Å². The van der Waals surface area contributed by atoms with Crippen LogP contribution in [0.3, 0.4) is 0 Å². The lowest BCUT2D eigenvalue weighted by atomic mass is 10.2. The Hall–Kier alpha value is -1.13. The molecule has 1 N–H and O–H groups in total. The van der Waals surface area contributed by atoms with Crippen LogP contribution in [0, 0.1) is 0 Å². The van der Waals surface area contributed by atoms with E-state index in [1.54, 1.807) is 13.2 Å². The molecule has 1 rings (SSSR count). The van der Waals surface area contributed by atoms with Crippen LogP contribution in [0.15, 0.2) is 18.3 Å². The van der Waals surface area contributed by atoms with Crippen LogP contribution in [0.1, 0.15) is 26.0 Å². The van der Waals surface area contributed by atoms with Crippen LogP contribution >= 0.6 is 0 Å². The average Bonchev–Trinajstić information content (AvgIpc) is 2.36. The molecular weight excluding hydrogens is 216 g/mol. The van der Waals surface area contributed by atoms with E-state index in [4.69, 9.17) is 4.74 Å². The summed E-state index contributed by atoms with van der Waals surface area (Å²) in [6.07, 6.45) is 2.59. The molecule has 0 aromatic carbocycles. The van der Waals surface area contributed by atoms with Crippen molar-refractivity contribution in [3.8, 4) is 5.75 Å². The van der Waals surface area contributed by atoms with Gasteiger partial charge in [-0.3, -0.25) is 9.88 Å². The highest BCUT2D eigenvalue weighted by molar-refractivity contribution is 5.17. The van der Waals surface area contributed by atoms with Gasteiger partial charge in [-0.1, -0.05) is 6.92 Å². The molecule has 4 heteroatoms. The third kappa shape index (κ3) is 4.71. The minimum Gasteiger partial charge on any atom is -0.506 e. The van der Waals surface area contributed by atoms with E-state index < -0.39 is 0 Å². The molecule has 17 heavy (non-hydrogen) atoms. The molecule has 0 radical (unpaired) electrons. The third-order valence-electron chi connectivity index (χ3n) is 2.97. The summed E-state index contributed by atoms with van der Waals surface area (Å²) in [5.74, 6) is 0.209. The zero-order valence-corrected chi connectivity index (χ0v) is 10.9. The summed E-state index contributed by atoms with van der Waals surface area (Å²) < 4.78 is 5.12. The molecule has 0 spiro atoms. The number of rotatable bonds is 7. The normalized spacial score (nSPS) is 12.9. The standard InChI is InChI=1S/C13H22N2O2/c1-4-11(2)15(7-8-17-3)10-12-5-6-13(16)9-14-12/h5-6,9,11,16H,4,7-8,10H2,1-3H3. The topological polar surface area (TPSA) is 45.6 Å². The number of ether oxygens (including phenoxy) is 1. The van der Waals surface area contributed by atoms with Crippen molar-refractivity contribution < 1.29 is 9.84 Å². The number of pyridine rings is 1. The Balaban J connectivity index is 2.61. The first-order chi connectivity index (χ1) is 8.17. The molecule has 0 saturated heterocycles. The Morgan fingerprint density at radius 2 is 2.24 bits per heavy atom. The van der Waals surface area contributed by atoms with Crippen LogP contribution in [0.25, 0.3) is 0 Å². The van der Waals surface area contributed by atoms with E-state index in [0.29, 0.717) is 6.04 Å². The Labute approximate surface area is 103 Å². The maximum Gasteiger partial charge on any atom is 0.133 e. The monoisotopic (exact) mass is 238 g/mol. The summed E-state index contributed by atoms with van der Waals surface area (Å²) in [7, 11) is 1.72. The summed E-state index contributed by atoms with van der Waals surface area (Å²) in [4.78, 5) is 6.55. The van der Waals surface area contributed by atoms with Gasteiger partial charge in [-0.15, -0.1) is 0 Å². The summed E-state index contributed by atoms with van der Waals surface area (Å²) in [6, 6.07) is 4.03. The van der Waals surface area contributed by atoms with Crippen molar-refractivity contribution in [2.45, 2.75) is 32.9 Å². The molecule has 1 atom stereocenters. The van der Waals surface area contributed by atoms with Gasteiger partial charge in [0.2, 0.25) is 0 Å². The molecule has 0 bridgehead atoms. The Morgan fingerprint density at radius 3 is 2.76 bits per heavy atom. The third-order valence-corrected chi connectivity index (χ3v) is 2.97. The van der Waals surface area contributed by atoms with Gasteiger partial charge in [0.15, 0.2) is 0 Å². The van der Waals surface area contributed by atoms with Crippen molar-refractivity contribution in [2.75, 3.05) is 20.3 Å². The van der Waals surface area contributed by atoms with Gasteiger partial charge in [0.25, 0.3) is 0 Å². The van der Waals surface area contributed by atoms with Gasteiger partial charge < -0.3 is 9.84 Å². The van der Waals surface area contributed by atoms with Crippen LogP contribution in [0.4, 0.5) is 0 Å². The number of aromatic hydroxyl groups is 1. The highest BCUT2D eigenvalue weighted by Gasteiger charge is 2.12. The second-order valence-corrected chi connectivity index (χ2v) is 4.23. The molecule has 1 aromatic rings. The first-order valence-electron chi connectivity index (χ1n) is 6.04. The summed E-state index contributed by atoms with van der Waals surface area (Å²) in [5.41, 5.74) is 0.971. The van der Waals surface area contributed by atoms with Crippen molar-refractivity contribution >= 4 is 0 Å². The SMILES string of the molecule is CCC(C)N(CCOC)Cc1ccc(O)cn1. The zero-order valence-electron chi connectivity index (χ0n) is 10.9. The van der Waals surface area contributed by atoms with E-state index in [1.165, 1.54) is 6.20 Å². The molecule has 0 saturated carbocycles. The van der Waals surface area contributed by atoms with Crippen molar-refractivity contribution in [1.82, 2.24) is 9.88 Å². The van der Waals surface area contributed by atoms with E-state index in [9.17, 15) is 5.11 Å². The fourth-order valence-electron chi connectivity index (χ4n) is 1.64. The second kappa shape index (κ2) is 7.25. The summed E-state index contributed by atoms with van der Waals surface area (Å²) in [6.45, 7) is 6.79. The smallest absolute Gasteiger partial charge is 0.133 e. The van der Waals surface area contributed by atoms with Gasteiger partial charge in [-0.25, -0.2) is 0 Å². The highest BCUT2D eigenvalue weighted by atomic mass is 16.5. The highest BCUT2D eigenvalue weighted by Crippen LogP contribution is 2.11. The van der Waals surface area contributed by atoms with Crippen molar-refractivity contribution in [2.24, 2.45) is 0 Å². The molecule has 1 aromatic heterocycles. The maximum atomic E-state index is 9.19. The quantitative estimate of drug-likeness (QED) is 0.789. The van der Waals surface area contributed by atoms with E-state index >= 15 is 0 Å². The van der Waals surface area contributed by atoms with Gasteiger partial charge in [0.05, 0.1) is 18.5 Å². The lowest BCUT2D eigenvalue weighted by Gasteiger charge is -2.27. The first kappa shape index (κ1) is 13.9. The van der Waals surface area contributed by atoms with E-state index in [0.717, 1.165) is 31.8 Å². The number of hydrogen-bond acceptors (Lipinski definition) is 4. The van der Waals surface area contributed by atoms with Gasteiger partial charge in [0, 0.05) is 26.2 Å². The molecule has 1 heterocycles. The molecule has 0 amide bonds. The minimum atomic E-state index is 0.209. The summed E-state index contributed by atoms with van der Waals surface area (Å²) in [5, 5.41) is 9.19. The molecule has 96 valence electrons. The fraction of sp³-hybridized carbons (Fsp3) is 0.615. The Bertz CT molecular complexity index is 314. The number of aromatic nitrogens is 1. The predicted octanol–water partition coefficient (Wildman–Crippen LogP) is 2.03. The van der Waals surface area contributed by atoms with Crippen molar-refractivity contribution in [1.29, 1.82) is 0 Å². The van der Waals surface area contributed by atoms with Crippen LogP contribution in [0.2, 0.25) is 0 Å². The van der Waals surface area contributed by atoms with E-state index in [-0.39, 0.29) is 5.75 Å². The first-order valence-corrected chi connectivity index (χ1v) is 6.04. The molecule has 1 unspecified atom stereocenters.